The number of ether oxygens (including phenoxy) is 1. The van der Waals surface area contributed by atoms with Crippen molar-refractivity contribution in [2.24, 2.45) is 0 Å². The minimum Gasteiger partial charge on any atom is -0.497 e. The lowest BCUT2D eigenvalue weighted by Gasteiger charge is -2.29. The molecular weight excluding hydrogens is 456 g/mol. The molecule has 36 heavy (non-hydrogen) atoms. The molecule has 0 spiro atoms. The summed E-state index contributed by atoms with van der Waals surface area (Å²) in [4.78, 5) is 43.1. The second kappa shape index (κ2) is 9.26. The number of para-hydroxylation sites is 1. The lowest BCUT2D eigenvalue weighted by atomic mass is 9.75. The van der Waals surface area contributed by atoms with E-state index in [9.17, 15) is 14.4 Å². The minimum atomic E-state index is -1.21. The van der Waals surface area contributed by atoms with Crippen LogP contribution in [0, 0.1) is 6.92 Å². The summed E-state index contributed by atoms with van der Waals surface area (Å²) in [5, 5.41) is 4.46. The third kappa shape index (κ3) is 4.27. The molecule has 8 heteroatoms. The summed E-state index contributed by atoms with van der Waals surface area (Å²) in [6.07, 6.45) is 5.23. The van der Waals surface area contributed by atoms with E-state index in [1.807, 2.05) is 37.4 Å². The van der Waals surface area contributed by atoms with E-state index < -0.39 is 5.41 Å². The standard InChI is InChI=1S/C28H30N4O4/c1-19-6-4-5-7-24(19)31-18-20(16-29-31)17-30(2)25(33)14-28(21-8-12-23(36-3)13-9-21)15-26(34)32(27(28)35)22-10-11-22/h4-9,12-13,16,18,22H,10-11,14-15,17H2,1-3H3. The number of benzene rings is 2. The van der Waals surface area contributed by atoms with Crippen LogP contribution in [-0.2, 0) is 26.3 Å². The third-order valence-electron chi connectivity index (χ3n) is 7.20. The Morgan fingerprint density at radius 2 is 1.86 bits per heavy atom. The number of likely N-dealkylation sites (tertiary alicyclic amines) is 1. The van der Waals surface area contributed by atoms with Crippen LogP contribution in [0.5, 0.6) is 5.75 Å². The van der Waals surface area contributed by atoms with Gasteiger partial charge >= 0.3 is 0 Å². The molecule has 2 aliphatic rings. The molecule has 2 aromatic carbocycles. The topological polar surface area (TPSA) is 84.7 Å². The summed E-state index contributed by atoms with van der Waals surface area (Å²) < 4.78 is 7.06. The highest BCUT2D eigenvalue weighted by Gasteiger charge is 2.57. The molecule has 5 rings (SSSR count). The Kier molecular flexibility index (Phi) is 6.12. The van der Waals surface area contributed by atoms with Gasteiger partial charge in [0.1, 0.15) is 5.75 Å². The highest BCUT2D eigenvalue weighted by molar-refractivity contribution is 6.11. The van der Waals surface area contributed by atoms with Gasteiger partial charge in [0.2, 0.25) is 17.7 Å². The number of hydrogen-bond acceptors (Lipinski definition) is 5. The molecule has 3 amide bonds. The Morgan fingerprint density at radius 1 is 1.14 bits per heavy atom. The molecule has 1 atom stereocenters. The van der Waals surface area contributed by atoms with Gasteiger partial charge in [-0.1, -0.05) is 30.3 Å². The molecule has 1 saturated heterocycles. The van der Waals surface area contributed by atoms with Gasteiger partial charge in [0.05, 0.1) is 24.4 Å². The molecule has 3 aromatic rings. The largest absolute Gasteiger partial charge is 0.497 e. The number of imide groups is 1. The molecule has 1 aromatic heterocycles. The molecule has 1 aliphatic carbocycles. The van der Waals surface area contributed by atoms with E-state index in [0.29, 0.717) is 17.9 Å². The van der Waals surface area contributed by atoms with Crippen LogP contribution in [0.4, 0.5) is 0 Å². The van der Waals surface area contributed by atoms with Gasteiger partial charge in [0.15, 0.2) is 0 Å². The first-order valence-electron chi connectivity index (χ1n) is 12.2. The molecule has 1 saturated carbocycles. The number of aromatic nitrogens is 2. The van der Waals surface area contributed by atoms with E-state index in [0.717, 1.165) is 29.7 Å². The molecular formula is C28H30N4O4. The fraction of sp³-hybridized carbons (Fsp3) is 0.357. The Balaban J connectivity index is 1.37. The van der Waals surface area contributed by atoms with Crippen LogP contribution >= 0.6 is 0 Å². The second-order valence-corrected chi connectivity index (χ2v) is 9.79. The molecule has 186 valence electrons. The van der Waals surface area contributed by atoms with E-state index >= 15 is 0 Å². The SMILES string of the molecule is COc1ccc(C2(CC(=O)N(C)Cc3cnn(-c4ccccc4C)c3)CC(=O)N(C3CC3)C2=O)cc1. The van der Waals surface area contributed by atoms with Gasteiger partial charge in [-0.3, -0.25) is 19.3 Å². The Hall–Kier alpha value is -3.94. The van der Waals surface area contributed by atoms with E-state index in [1.165, 1.54) is 4.90 Å². The molecule has 2 heterocycles. The fourth-order valence-corrected chi connectivity index (χ4v) is 4.99. The van der Waals surface area contributed by atoms with Crippen molar-refractivity contribution in [1.82, 2.24) is 19.6 Å². The Labute approximate surface area is 210 Å². The Morgan fingerprint density at radius 3 is 2.53 bits per heavy atom. The molecule has 2 fully saturated rings. The average molecular weight is 487 g/mol. The summed E-state index contributed by atoms with van der Waals surface area (Å²) in [6, 6.07) is 15.0. The van der Waals surface area contributed by atoms with Crippen molar-refractivity contribution >= 4 is 17.7 Å². The first-order valence-corrected chi connectivity index (χ1v) is 12.2. The summed E-state index contributed by atoms with van der Waals surface area (Å²) in [6.45, 7) is 2.37. The van der Waals surface area contributed by atoms with Crippen molar-refractivity contribution in [2.45, 2.75) is 50.6 Å². The Bertz CT molecular complexity index is 1310. The number of carbonyl (C=O) groups excluding carboxylic acids is 3. The van der Waals surface area contributed by atoms with Crippen molar-refractivity contribution in [3.8, 4) is 11.4 Å². The van der Waals surface area contributed by atoms with Crippen LogP contribution in [0.2, 0.25) is 0 Å². The van der Waals surface area contributed by atoms with Gasteiger partial charge in [-0.15, -0.1) is 0 Å². The molecule has 1 aliphatic heterocycles. The van der Waals surface area contributed by atoms with Gasteiger partial charge in [-0.25, -0.2) is 4.68 Å². The lowest BCUT2D eigenvalue weighted by Crippen LogP contribution is -2.43. The lowest BCUT2D eigenvalue weighted by molar-refractivity contribution is -0.143. The quantitative estimate of drug-likeness (QED) is 0.456. The van der Waals surface area contributed by atoms with Gasteiger partial charge in [0.25, 0.3) is 0 Å². The van der Waals surface area contributed by atoms with E-state index in [2.05, 4.69) is 5.10 Å². The van der Waals surface area contributed by atoms with Crippen molar-refractivity contribution in [2.75, 3.05) is 14.2 Å². The van der Waals surface area contributed by atoms with Gasteiger partial charge < -0.3 is 9.64 Å². The zero-order valence-electron chi connectivity index (χ0n) is 20.8. The zero-order chi connectivity index (χ0) is 25.4. The number of rotatable bonds is 8. The zero-order valence-corrected chi connectivity index (χ0v) is 20.8. The van der Waals surface area contributed by atoms with E-state index in [-0.39, 0.29) is 36.6 Å². The van der Waals surface area contributed by atoms with Crippen molar-refractivity contribution in [3.05, 3.63) is 77.6 Å². The predicted molar refractivity (Wildman–Crippen MR) is 134 cm³/mol. The second-order valence-electron chi connectivity index (χ2n) is 9.79. The smallest absolute Gasteiger partial charge is 0.241 e. The predicted octanol–water partition coefficient (Wildman–Crippen LogP) is 3.40. The number of amides is 3. The molecule has 8 nitrogen and oxygen atoms in total. The maximum Gasteiger partial charge on any atom is 0.241 e. The highest BCUT2D eigenvalue weighted by atomic mass is 16.5. The number of hydrogen-bond donors (Lipinski definition) is 0. The summed E-state index contributed by atoms with van der Waals surface area (Å²) >= 11 is 0. The first-order chi connectivity index (χ1) is 17.3. The number of aryl methyl sites for hydroxylation is 1. The molecule has 0 N–H and O–H groups in total. The van der Waals surface area contributed by atoms with Gasteiger partial charge in [0, 0.05) is 44.2 Å². The average Bonchev–Trinajstić information content (AvgIpc) is 3.54. The summed E-state index contributed by atoms with van der Waals surface area (Å²) in [5.41, 5.74) is 2.41. The van der Waals surface area contributed by atoms with Crippen LogP contribution in [0.25, 0.3) is 5.69 Å². The minimum absolute atomic E-state index is 0.000537. The number of nitrogens with zero attached hydrogens (tertiary/aromatic N) is 4. The summed E-state index contributed by atoms with van der Waals surface area (Å²) in [5.74, 6) is -0.0188. The molecule has 0 bridgehead atoms. The number of carbonyl (C=O) groups is 3. The first kappa shape index (κ1) is 23.8. The monoisotopic (exact) mass is 486 g/mol. The molecule has 0 radical (unpaired) electrons. The van der Waals surface area contributed by atoms with E-state index in [4.69, 9.17) is 4.74 Å². The highest BCUT2D eigenvalue weighted by Crippen LogP contribution is 2.44. The fourth-order valence-electron chi connectivity index (χ4n) is 4.99. The third-order valence-corrected chi connectivity index (χ3v) is 7.20. The van der Waals surface area contributed by atoms with Crippen LogP contribution < -0.4 is 4.74 Å². The van der Waals surface area contributed by atoms with Crippen LogP contribution in [0.1, 0.15) is 42.4 Å². The number of methoxy groups -OCH3 is 1. The van der Waals surface area contributed by atoms with Gasteiger partial charge in [-0.2, -0.15) is 5.10 Å². The van der Waals surface area contributed by atoms with Crippen molar-refractivity contribution in [3.63, 3.8) is 0 Å². The van der Waals surface area contributed by atoms with Crippen LogP contribution in [0.3, 0.4) is 0 Å². The van der Waals surface area contributed by atoms with Crippen LogP contribution in [-0.4, -0.2) is 57.5 Å². The molecule has 1 unspecified atom stereocenters. The normalized spacial score (nSPS) is 19.6. The maximum atomic E-state index is 13.7. The van der Waals surface area contributed by atoms with Crippen molar-refractivity contribution in [1.29, 1.82) is 0 Å². The van der Waals surface area contributed by atoms with E-state index in [1.54, 1.807) is 54.2 Å². The van der Waals surface area contributed by atoms with Gasteiger partial charge in [-0.05, 0) is 49.1 Å². The summed E-state index contributed by atoms with van der Waals surface area (Å²) in [7, 11) is 3.29. The van der Waals surface area contributed by atoms with Crippen LogP contribution in [0.15, 0.2) is 60.9 Å². The van der Waals surface area contributed by atoms with Crippen molar-refractivity contribution < 1.29 is 19.1 Å². The maximum absolute atomic E-state index is 13.7.